The summed E-state index contributed by atoms with van der Waals surface area (Å²) in [7, 11) is -1.48. The fourth-order valence-electron chi connectivity index (χ4n) is 3.65. The van der Waals surface area contributed by atoms with E-state index in [0.717, 1.165) is 57.0 Å². The third kappa shape index (κ3) is 6.16. The summed E-state index contributed by atoms with van der Waals surface area (Å²) in [5, 5.41) is 4.04. The zero-order valence-electron chi connectivity index (χ0n) is 18.5. The largest absolute Gasteiger partial charge is 0.493 e. The van der Waals surface area contributed by atoms with Gasteiger partial charge in [-0.05, 0) is 38.4 Å². The lowest BCUT2D eigenvalue weighted by Gasteiger charge is -2.35. The maximum absolute atomic E-state index is 13.9. The number of aromatic nitrogens is 2. The zero-order valence-corrected chi connectivity index (χ0v) is 19.4. The minimum absolute atomic E-state index is 0.248. The van der Waals surface area contributed by atoms with Crippen LogP contribution in [0.5, 0.6) is 5.75 Å². The predicted molar refractivity (Wildman–Crippen MR) is 116 cm³/mol. The van der Waals surface area contributed by atoms with Gasteiger partial charge in [-0.2, -0.15) is 4.98 Å². The Morgan fingerprint density at radius 3 is 2.61 bits per heavy atom. The molecule has 31 heavy (non-hydrogen) atoms. The summed E-state index contributed by atoms with van der Waals surface area (Å²) >= 11 is 0. The molecule has 2 heterocycles. The lowest BCUT2D eigenvalue weighted by atomic mass is 10.0. The van der Waals surface area contributed by atoms with Crippen LogP contribution in [0.2, 0.25) is 0 Å². The van der Waals surface area contributed by atoms with Crippen LogP contribution in [0.25, 0.3) is 0 Å². The van der Waals surface area contributed by atoms with E-state index in [0.29, 0.717) is 24.4 Å². The topological polar surface area (TPSA) is 88.8 Å². The van der Waals surface area contributed by atoms with Gasteiger partial charge in [0.1, 0.15) is 16.5 Å². The molecule has 0 aliphatic carbocycles. The van der Waals surface area contributed by atoms with Crippen molar-refractivity contribution >= 4 is 15.9 Å². The van der Waals surface area contributed by atoms with E-state index in [2.05, 4.69) is 27.0 Å². The lowest BCUT2D eigenvalue weighted by Crippen LogP contribution is -2.44. The highest BCUT2D eigenvalue weighted by molar-refractivity contribution is 7.90. The molecule has 1 fully saturated rings. The average molecular weight is 455 g/mol. The first-order valence-electron chi connectivity index (χ1n) is 10.6. The van der Waals surface area contributed by atoms with E-state index in [-0.39, 0.29) is 10.8 Å². The lowest BCUT2D eigenvalue weighted by molar-refractivity contribution is 0.187. The first-order chi connectivity index (χ1) is 14.6. The van der Waals surface area contributed by atoms with Crippen LogP contribution in [0.4, 0.5) is 10.4 Å². The molecule has 172 valence electrons. The first kappa shape index (κ1) is 23.5. The van der Waals surface area contributed by atoms with Gasteiger partial charge in [0, 0.05) is 43.9 Å². The van der Waals surface area contributed by atoms with Gasteiger partial charge in [-0.15, -0.1) is 0 Å². The minimum Gasteiger partial charge on any atom is -0.493 e. The van der Waals surface area contributed by atoms with Gasteiger partial charge in [0.15, 0.2) is 15.7 Å². The second-order valence-electron chi connectivity index (χ2n) is 8.36. The van der Waals surface area contributed by atoms with Crippen molar-refractivity contribution in [2.45, 2.75) is 50.0 Å². The molecule has 0 amide bonds. The summed E-state index contributed by atoms with van der Waals surface area (Å²) in [6.45, 7) is 7.11. The van der Waals surface area contributed by atoms with Gasteiger partial charge in [-0.1, -0.05) is 19.0 Å². The first-order valence-corrected chi connectivity index (χ1v) is 12.5. The highest BCUT2D eigenvalue weighted by Crippen LogP contribution is 2.23. The van der Waals surface area contributed by atoms with Gasteiger partial charge < -0.3 is 19.1 Å². The van der Waals surface area contributed by atoms with Crippen molar-refractivity contribution in [1.82, 2.24) is 15.0 Å². The van der Waals surface area contributed by atoms with Crippen molar-refractivity contribution in [3.63, 3.8) is 0 Å². The molecule has 0 saturated carbocycles. The van der Waals surface area contributed by atoms with Crippen molar-refractivity contribution in [2.75, 3.05) is 44.4 Å². The van der Waals surface area contributed by atoms with Gasteiger partial charge in [-0.25, -0.2) is 12.8 Å². The maximum atomic E-state index is 13.9. The molecule has 1 saturated heterocycles. The molecule has 3 rings (SSSR count). The van der Waals surface area contributed by atoms with Crippen LogP contribution >= 0.6 is 0 Å². The number of rotatable bonds is 9. The molecule has 1 aromatic carbocycles. The molecular weight excluding hydrogens is 423 g/mol. The van der Waals surface area contributed by atoms with Crippen LogP contribution in [0.15, 0.2) is 27.6 Å². The molecule has 1 aliphatic heterocycles. The molecule has 0 radical (unpaired) electrons. The Morgan fingerprint density at radius 1 is 1.32 bits per heavy atom. The van der Waals surface area contributed by atoms with E-state index >= 15 is 0 Å². The standard InChI is InChI=1S/C21H31FN4O4S/c1-15(2)20-23-21(30-24-20)26-11-8-16(9-12-26)25(3)10-5-13-29-17-6-7-19(18(22)14-17)31(4,27)28/h6-7,14-16H,5,8-13H2,1-4H3. The molecule has 0 atom stereocenters. The molecule has 1 aliphatic rings. The number of hydrogen-bond donors (Lipinski definition) is 0. The summed E-state index contributed by atoms with van der Waals surface area (Å²) < 4.78 is 47.9. The van der Waals surface area contributed by atoms with Crippen LogP contribution in [-0.4, -0.2) is 69.0 Å². The molecule has 8 nitrogen and oxygen atoms in total. The number of piperidine rings is 1. The SMILES string of the molecule is CC(C)c1noc(N2CCC(N(C)CCCOc3ccc(S(C)(=O)=O)c(F)c3)CC2)n1. The van der Waals surface area contributed by atoms with Gasteiger partial charge in [-0.3, -0.25) is 0 Å². The summed E-state index contributed by atoms with van der Waals surface area (Å²) in [6, 6.07) is 4.93. The van der Waals surface area contributed by atoms with Gasteiger partial charge >= 0.3 is 6.01 Å². The molecular formula is C21H31FN4O4S. The molecule has 0 N–H and O–H groups in total. The highest BCUT2D eigenvalue weighted by atomic mass is 32.2. The van der Waals surface area contributed by atoms with E-state index in [1.807, 2.05) is 13.8 Å². The van der Waals surface area contributed by atoms with Crippen molar-refractivity contribution in [3.05, 3.63) is 29.8 Å². The third-order valence-corrected chi connectivity index (χ3v) is 6.66. The van der Waals surface area contributed by atoms with Crippen molar-refractivity contribution < 1.29 is 22.1 Å². The average Bonchev–Trinajstić information content (AvgIpc) is 3.21. The Morgan fingerprint density at radius 2 is 2.03 bits per heavy atom. The van der Waals surface area contributed by atoms with Crippen LogP contribution < -0.4 is 9.64 Å². The number of anilines is 1. The van der Waals surface area contributed by atoms with Crippen molar-refractivity contribution in [3.8, 4) is 5.75 Å². The molecule has 0 spiro atoms. The molecule has 10 heteroatoms. The number of ether oxygens (including phenoxy) is 1. The Labute approximate surface area is 183 Å². The van der Waals surface area contributed by atoms with E-state index < -0.39 is 15.7 Å². The maximum Gasteiger partial charge on any atom is 0.324 e. The number of nitrogens with zero attached hydrogens (tertiary/aromatic N) is 4. The van der Waals surface area contributed by atoms with Crippen molar-refractivity contribution in [2.24, 2.45) is 0 Å². The summed E-state index contributed by atoms with van der Waals surface area (Å²) in [5.41, 5.74) is 0. The second kappa shape index (κ2) is 9.95. The van der Waals surface area contributed by atoms with E-state index in [1.54, 1.807) is 0 Å². The van der Waals surface area contributed by atoms with E-state index in [9.17, 15) is 12.8 Å². The summed E-state index contributed by atoms with van der Waals surface area (Å²) in [6.07, 6.45) is 3.79. The number of benzene rings is 1. The minimum atomic E-state index is -3.58. The fourth-order valence-corrected chi connectivity index (χ4v) is 4.37. The van der Waals surface area contributed by atoms with Crippen molar-refractivity contribution in [1.29, 1.82) is 0 Å². The summed E-state index contributed by atoms with van der Waals surface area (Å²) in [4.78, 5) is 8.62. The molecule has 2 aromatic rings. The van der Waals surface area contributed by atoms with Crippen LogP contribution in [0.1, 0.15) is 44.9 Å². The molecule has 1 aromatic heterocycles. The van der Waals surface area contributed by atoms with Gasteiger partial charge in [0.25, 0.3) is 0 Å². The molecule has 0 unspecified atom stereocenters. The monoisotopic (exact) mass is 454 g/mol. The normalized spacial score (nSPS) is 15.8. The van der Waals surface area contributed by atoms with E-state index in [4.69, 9.17) is 9.26 Å². The second-order valence-corrected chi connectivity index (χ2v) is 10.3. The Kier molecular flexibility index (Phi) is 7.53. The van der Waals surface area contributed by atoms with Gasteiger partial charge in [0.2, 0.25) is 0 Å². The van der Waals surface area contributed by atoms with E-state index in [1.165, 1.54) is 12.1 Å². The molecule has 0 bridgehead atoms. The number of halogens is 1. The van der Waals surface area contributed by atoms with Crippen LogP contribution in [0.3, 0.4) is 0 Å². The Bertz CT molecular complexity index is 972. The zero-order chi connectivity index (χ0) is 22.6. The van der Waals surface area contributed by atoms with Crippen LogP contribution in [-0.2, 0) is 9.84 Å². The highest BCUT2D eigenvalue weighted by Gasteiger charge is 2.25. The fraction of sp³-hybridized carbons (Fsp3) is 0.619. The quantitative estimate of drug-likeness (QED) is 0.534. The predicted octanol–water partition coefficient (Wildman–Crippen LogP) is 3.11. The number of sulfone groups is 1. The van der Waals surface area contributed by atoms with Crippen LogP contribution in [0, 0.1) is 5.82 Å². The Balaban J connectivity index is 1.39. The third-order valence-electron chi connectivity index (χ3n) is 5.53. The Hall–Kier alpha value is -2.20. The summed E-state index contributed by atoms with van der Waals surface area (Å²) in [5.74, 6) is 0.532. The smallest absolute Gasteiger partial charge is 0.324 e. The number of hydrogen-bond acceptors (Lipinski definition) is 8. The van der Waals surface area contributed by atoms with Gasteiger partial charge in [0.05, 0.1) is 6.61 Å².